The highest BCUT2D eigenvalue weighted by molar-refractivity contribution is 5.48. The Morgan fingerprint density at radius 1 is 1.26 bits per heavy atom. The zero-order valence-electron chi connectivity index (χ0n) is 11.6. The summed E-state index contributed by atoms with van der Waals surface area (Å²) in [6, 6.07) is 4.86. The molecule has 0 unspecified atom stereocenters. The van der Waals surface area contributed by atoms with Crippen molar-refractivity contribution >= 4 is 5.69 Å². The molecular weight excluding hydrogens is 236 g/mol. The van der Waals surface area contributed by atoms with E-state index in [0.717, 1.165) is 24.6 Å². The van der Waals surface area contributed by atoms with Gasteiger partial charge >= 0.3 is 0 Å². The fraction of sp³-hybridized carbons (Fsp3) is 0.467. The van der Waals surface area contributed by atoms with Gasteiger partial charge in [0.1, 0.15) is 5.82 Å². The lowest BCUT2D eigenvalue weighted by Crippen LogP contribution is -2.33. The molecule has 3 heterocycles. The van der Waals surface area contributed by atoms with Crippen LogP contribution >= 0.6 is 0 Å². The standard InChI is InChI=1S/C15H20N4/c1-12-10-14(5-6-16-12)19-8-3-4-15(19)11-18-9-7-17-13(18)2/h5-7,9-10,15H,3-4,8,11H2,1-2H3/t15-/m0/s1. The van der Waals surface area contributed by atoms with Gasteiger partial charge in [0.25, 0.3) is 0 Å². The maximum atomic E-state index is 4.31. The van der Waals surface area contributed by atoms with Crippen LogP contribution in [0.25, 0.3) is 0 Å². The third-order valence-corrected chi connectivity index (χ3v) is 3.92. The molecule has 0 aliphatic carbocycles. The minimum atomic E-state index is 0.565. The van der Waals surface area contributed by atoms with E-state index in [9.17, 15) is 0 Å². The number of aryl methyl sites for hydroxylation is 2. The lowest BCUT2D eigenvalue weighted by molar-refractivity contribution is 0.540. The number of rotatable bonds is 3. The molecule has 4 heteroatoms. The molecule has 3 rings (SSSR count). The Kier molecular flexibility index (Phi) is 3.23. The van der Waals surface area contributed by atoms with Crippen LogP contribution in [0.5, 0.6) is 0 Å². The van der Waals surface area contributed by atoms with E-state index < -0.39 is 0 Å². The largest absolute Gasteiger partial charge is 0.367 e. The van der Waals surface area contributed by atoms with Crippen molar-refractivity contribution in [2.24, 2.45) is 0 Å². The van der Waals surface area contributed by atoms with Crippen LogP contribution in [0.3, 0.4) is 0 Å². The number of hydrogen-bond acceptors (Lipinski definition) is 3. The molecule has 0 spiro atoms. The Balaban J connectivity index is 1.80. The van der Waals surface area contributed by atoms with Crippen molar-refractivity contribution in [3.8, 4) is 0 Å². The van der Waals surface area contributed by atoms with E-state index in [1.165, 1.54) is 18.5 Å². The molecule has 100 valence electrons. The van der Waals surface area contributed by atoms with Crippen LogP contribution in [0.2, 0.25) is 0 Å². The Morgan fingerprint density at radius 2 is 2.16 bits per heavy atom. The molecule has 0 bridgehead atoms. The smallest absolute Gasteiger partial charge is 0.105 e. The fourth-order valence-corrected chi connectivity index (χ4v) is 2.90. The zero-order valence-corrected chi connectivity index (χ0v) is 11.6. The lowest BCUT2D eigenvalue weighted by Gasteiger charge is -2.27. The second-order valence-corrected chi connectivity index (χ2v) is 5.27. The van der Waals surface area contributed by atoms with E-state index in [1.54, 1.807) is 0 Å². The Morgan fingerprint density at radius 3 is 2.89 bits per heavy atom. The third kappa shape index (κ3) is 2.48. The molecule has 1 atom stereocenters. The van der Waals surface area contributed by atoms with Crippen LogP contribution < -0.4 is 4.90 Å². The fourth-order valence-electron chi connectivity index (χ4n) is 2.90. The summed E-state index contributed by atoms with van der Waals surface area (Å²) in [5.41, 5.74) is 2.38. The van der Waals surface area contributed by atoms with E-state index in [0.29, 0.717) is 6.04 Å². The van der Waals surface area contributed by atoms with Crippen molar-refractivity contribution in [2.75, 3.05) is 11.4 Å². The first kappa shape index (κ1) is 12.2. The second-order valence-electron chi connectivity index (χ2n) is 5.27. The van der Waals surface area contributed by atoms with Crippen molar-refractivity contribution in [2.45, 2.75) is 39.3 Å². The average Bonchev–Trinajstić information content (AvgIpc) is 3.00. The number of hydrogen-bond donors (Lipinski definition) is 0. The van der Waals surface area contributed by atoms with Gasteiger partial charge in [-0.3, -0.25) is 4.98 Å². The van der Waals surface area contributed by atoms with Gasteiger partial charge in [-0.2, -0.15) is 0 Å². The summed E-state index contributed by atoms with van der Waals surface area (Å²) in [6.45, 7) is 6.28. The molecule has 2 aromatic rings. The quantitative estimate of drug-likeness (QED) is 0.846. The molecule has 1 saturated heterocycles. The van der Waals surface area contributed by atoms with Gasteiger partial charge in [-0.25, -0.2) is 4.98 Å². The summed E-state index contributed by atoms with van der Waals surface area (Å²) >= 11 is 0. The van der Waals surface area contributed by atoms with Gasteiger partial charge in [-0.1, -0.05) is 0 Å². The molecule has 1 aliphatic rings. The molecule has 1 aliphatic heterocycles. The van der Waals surface area contributed by atoms with Gasteiger partial charge in [-0.15, -0.1) is 0 Å². The number of pyridine rings is 1. The Bertz CT molecular complexity index is 561. The molecule has 19 heavy (non-hydrogen) atoms. The van der Waals surface area contributed by atoms with Crippen molar-refractivity contribution in [1.29, 1.82) is 0 Å². The van der Waals surface area contributed by atoms with Crippen LogP contribution in [-0.4, -0.2) is 27.1 Å². The normalized spacial score (nSPS) is 19.1. The highest BCUT2D eigenvalue weighted by Gasteiger charge is 2.25. The highest BCUT2D eigenvalue weighted by atomic mass is 15.2. The molecule has 1 fully saturated rings. The minimum Gasteiger partial charge on any atom is -0.367 e. The van der Waals surface area contributed by atoms with Crippen LogP contribution in [0.4, 0.5) is 5.69 Å². The summed E-state index contributed by atoms with van der Waals surface area (Å²) < 4.78 is 2.25. The first-order valence-corrected chi connectivity index (χ1v) is 6.91. The molecule has 0 radical (unpaired) electrons. The predicted molar refractivity (Wildman–Crippen MR) is 76.3 cm³/mol. The van der Waals surface area contributed by atoms with E-state index in [4.69, 9.17) is 0 Å². The summed E-state index contributed by atoms with van der Waals surface area (Å²) in [5.74, 6) is 1.10. The first-order valence-electron chi connectivity index (χ1n) is 6.91. The number of nitrogens with zero attached hydrogens (tertiary/aromatic N) is 4. The predicted octanol–water partition coefficient (Wildman–Crippen LogP) is 2.56. The van der Waals surface area contributed by atoms with Crippen LogP contribution in [-0.2, 0) is 6.54 Å². The molecule has 2 aromatic heterocycles. The SMILES string of the molecule is Cc1cc(N2CCC[C@H]2Cn2ccnc2C)ccn1. The van der Waals surface area contributed by atoms with E-state index in [2.05, 4.69) is 51.6 Å². The number of anilines is 1. The van der Waals surface area contributed by atoms with Gasteiger partial charge in [0.05, 0.1) is 0 Å². The van der Waals surface area contributed by atoms with Crippen LogP contribution in [0.15, 0.2) is 30.7 Å². The van der Waals surface area contributed by atoms with Gasteiger partial charge in [-0.05, 0) is 38.8 Å². The number of aromatic nitrogens is 3. The van der Waals surface area contributed by atoms with Crippen molar-refractivity contribution in [3.63, 3.8) is 0 Å². The average molecular weight is 256 g/mol. The van der Waals surface area contributed by atoms with Crippen molar-refractivity contribution in [3.05, 3.63) is 42.2 Å². The summed E-state index contributed by atoms with van der Waals surface area (Å²) in [7, 11) is 0. The van der Waals surface area contributed by atoms with Crippen LogP contribution in [0, 0.1) is 13.8 Å². The molecule has 0 saturated carbocycles. The number of imidazole rings is 1. The topological polar surface area (TPSA) is 34.0 Å². The maximum Gasteiger partial charge on any atom is 0.105 e. The van der Waals surface area contributed by atoms with Gasteiger partial charge in [0.15, 0.2) is 0 Å². The second kappa shape index (κ2) is 5.03. The highest BCUT2D eigenvalue weighted by Crippen LogP contribution is 2.26. The monoisotopic (exact) mass is 256 g/mol. The molecular formula is C15H20N4. The van der Waals surface area contributed by atoms with Crippen LogP contribution in [0.1, 0.15) is 24.4 Å². The van der Waals surface area contributed by atoms with Gasteiger partial charge < -0.3 is 9.47 Å². The lowest BCUT2D eigenvalue weighted by atomic mass is 10.2. The van der Waals surface area contributed by atoms with E-state index in [1.807, 2.05) is 12.4 Å². The van der Waals surface area contributed by atoms with Crippen molar-refractivity contribution < 1.29 is 0 Å². The van der Waals surface area contributed by atoms with Gasteiger partial charge in [0, 0.05) is 49.1 Å². The van der Waals surface area contributed by atoms with E-state index >= 15 is 0 Å². The Labute approximate surface area is 114 Å². The molecule has 0 aromatic carbocycles. The molecule has 0 N–H and O–H groups in total. The minimum absolute atomic E-state index is 0.565. The summed E-state index contributed by atoms with van der Waals surface area (Å²) in [5, 5.41) is 0. The zero-order chi connectivity index (χ0) is 13.2. The molecule has 4 nitrogen and oxygen atoms in total. The first-order chi connectivity index (χ1) is 9.24. The van der Waals surface area contributed by atoms with Crippen molar-refractivity contribution in [1.82, 2.24) is 14.5 Å². The Hall–Kier alpha value is -1.84. The van der Waals surface area contributed by atoms with Gasteiger partial charge in [0.2, 0.25) is 0 Å². The summed E-state index contributed by atoms with van der Waals surface area (Å²) in [6.07, 6.45) is 8.37. The third-order valence-electron chi connectivity index (χ3n) is 3.92. The van der Waals surface area contributed by atoms with E-state index in [-0.39, 0.29) is 0 Å². The maximum absolute atomic E-state index is 4.31. The molecule has 0 amide bonds. The summed E-state index contributed by atoms with van der Waals surface area (Å²) in [4.78, 5) is 11.1.